The van der Waals surface area contributed by atoms with Crippen LogP contribution in [0.2, 0.25) is 0 Å². The van der Waals surface area contributed by atoms with Crippen molar-refractivity contribution in [2.75, 3.05) is 5.32 Å². The van der Waals surface area contributed by atoms with Crippen LogP contribution in [0.3, 0.4) is 0 Å². The van der Waals surface area contributed by atoms with Crippen LogP contribution in [0.4, 0.5) is 5.69 Å². The molecule has 0 aliphatic rings. The number of carbonyl (C=O) groups excluding carboxylic acids is 1. The maximum Gasteiger partial charge on any atom is 0.266 e. The lowest BCUT2D eigenvalue weighted by molar-refractivity contribution is -0.112. The third-order valence-electron chi connectivity index (χ3n) is 4.83. The molecule has 162 valence electrons. The normalized spacial score (nSPS) is 11.1. The first-order chi connectivity index (χ1) is 15.3. The Bertz CT molecular complexity index is 1200. The number of halogens is 2. The van der Waals surface area contributed by atoms with Crippen LogP contribution in [-0.4, -0.2) is 5.91 Å². The number of rotatable bonds is 6. The van der Waals surface area contributed by atoms with Gasteiger partial charge in [0.15, 0.2) is 0 Å². The monoisotopic (exact) mass is 600 g/mol. The van der Waals surface area contributed by atoms with E-state index in [0.717, 1.165) is 36.0 Å². The highest BCUT2D eigenvalue weighted by molar-refractivity contribution is 14.1. The minimum atomic E-state index is -0.440. The molecule has 3 aromatic rings. The Kier molecular flexibility index (Phi) is 8.10. The Morgan fingerprint density at radius 1 is 1.09 bits per heavy atom. The molecule has 0 atom stereocenters. The van der Waals surface area contributed by atoms with Gasteiger partial charge in [-0.3, -0.25) is 4.79 Å². The smallest absolute Gasteiger partial charge is 0.266 e. The van der Waals surface area contributed by atoms with Gasteiger partial charge in [-0.05, 0) is 100 Å². The molecule has 0 radical (unpaired) electrons. The predicted molar refractivity (Wildman–Crippen MR) is 141 cm³/mol. The second-order valence-corrected chi connectivity index (χ2v) is 9.55. The number of nitrogens with zero attached hydrogens (tertiary/aromatic N) is 1. The molecule has 1 N–H and O–H groups in total. The number of benzene rings is 3. The van der Waals surface area contributed by atoms with Crippen molar-refractivity contribution in [2.24, 2.45) is 0 Å². The molecule has 4 nitrogen and oxygen atoms in total. The van der Waals surface area contributed by atoms with Gasteiger partial charge in [0, 0.05) is 5.69 Å². The van der Waals surface area contributed by atoms with Crippen LogP contribution in [0.5, 0.6) is 5.75 Å². The SMILES string of the molecule is Cc1ccc(COc2c(Br)cc(/C=C(\C#N)C(=O)Nc3ccc(C)cc3C)cc2I)cc1. The number of aryl methyl sites for hydroxylation is 3. The molecule has 0 aromatic heterocycles. The zero-order chi connectivity index (χ0) is 23.3. The number of carbonyl (C=O) groups is 1. The van der Waals surface area contributed by atoms with Gasteiger partial charge in [-0.15, -0.1) is 0 Å². The zero-order valence-corrected chi connectivity index (χ0v) is 21.7. The Labute approximate surface area is 210 Å². The summed E-state index contributed by atoms with van der Waals surface area (Å²) in [5.74, 6) is 0.284. The molecule has 0 bridgehead atoms. The highest BCUT2D eigenvalue weighted by atomic mass is 127. The molecule has 3 aromatic carbocycles. The molecule has 0 saturated carbocycles. The van der Waals surface area contributed by atoms with Crippen LogP contribution < -0.4 is 10.1 Å². The van der Waals surface area contributed by atoms with Crippen molar-refractivity contribution in [1.82, 2.24) is 0 Å². The lowest BCUT2D eigenvalue weighted by Gasteiger charge is -2.12. The molecule has 6 heteroatoms. The number of amides is 1. The molecule has 0 fully saturated rings. The fourth-order valence-electron chi connectivity index (χ4n) is 3.10. The molecule has 0 heterocycles. The molecule has 0 saturated heterocycles. The lowest BCUT2D eigenvalue weighted by Crippen LogP contribution is -2.14. The lowest BCUT2D eigenvalue weighted by atomic mass is 10.1. The number of anilines is 1. The van der Waals surface area contributed by atoms with E-state index in [4.69, 9.17) is 4.74 Å². The second-order valence-electron chi connectivity index (χ2n) is 7.53. The van der Waals surface area contributed by atoms with E-state index in [0.29, 0.717) is 12.3 Å². The summed E-state index contributed by atoms with van der Waals surface area (Å²) in [6.45, 7) is 6.42. The summed E-state index contributed by atoms with van der Waals surface area (Å²) >= 11 is 5.75. The van der Waals surface area contributed by atoms with Crippen molar-refractivity contribution in [3.05, 3.63) is 96.0 Å². The zero-order valence-electron chi connectivity index (χ0n) is 18.0. The standard InChI is InChI=1S/C26H22BrIN2O2/c1-16-4-7-19(8-5-16)15-32-25-22(27)12-20(13-23(25)28)11-21(14-29)26(31)30-24-9-6-17(2)10-18(24)3/h4-13H,15H2,1-3H3,(H,30,31)/b21-11+. The summed E-state index contributed by atoms with van der Waals surface area (Å²) in [4.78, 5) is 12.7. The average Bonchev–Trinajstić information content (AvgIpc) is 2.74. The van der Waals surface area contributed by atoms with E-state index in [1.807, 2.05) is 69.3 Å². The van der Waals surface area contributed by atoms with Gasteiger partial charge < -0.3 is 10.1 Å². The number of hydrogen-bond acceptors (Lipinski definition) is 3. The summed E-state index contributed by atoms with van der Waals surface area (Å²) in [7, 11) is 0. The van der Waals surface area contributed by atoms with Crippen molar-refractivity contribution >= 4 is 56.2 Å². The van der Waals surface area contributed by atoms with E-state index in [2.05, 4.69) is 56.0 Å². The Morgan fingerprint density at radius 2 is 1.78 bits per heavy atom. The Balaban J connectivity index is 1.77. The maximum atomic E-state index is 12.7. The van der Waals surface area contributed by atoms with Gasteiger partial charge in [0.2, 0.25) is 0 Å². The van der Waals surface area contributed by atoms with E-state index in [9.17, 15) is 10.1 Å². The van der Waals surface area contributed by atoms with Crippen molar-refractivity contribution in [2.45, 2.75) is 27.4 Å². The molecule has 3 rings (SSSR count). The van der Waals surface area contributed by atoms with Crippen LogP contribution >= 0.6 is 38.5 Å². The van der Waals surface area contributed by atoms with E-state index < -0.39 is 5.91 Å². The summed E-state index contributed by atoms with van der Waals surface area (Å²) in [6.07, 6.45) is 1.58. The summed E-state index contributed by atoms with van der Waals surface area (Å²) < 4.78 is 7.65. The van der Waals surface area contributed by atoms with Crippen LogP contribution in [0.1, 0.15) is 27.8 Å². The van der Waals surface area contributed by atoms with E-state index in [1.54, 1.807) is 6.08 Å². The second kappa shape index (κ2) is 10.8. The highest BCUT2D eigenvalue weighted by Gasteiger charge is 2.13. The summed E-state index contributed by atoms with van der Waals surface area (Å²) in [6, 6.07) is 19.7. The molecule has 32 heavy (non-hydrogen) atoms. The minimum Gasteiger partial charge on any atom is -0.487 e. The largest absolute Gasteiger partial charge is 0.487 e. The number of nitrogens with one attached hydrogen (secondary N) is 1. The average molecular weight is 601 g/mol. The third kappa shape index (κ3) is 6.21. The fraction of sp³-hybridized carbons (Fsp3) is 0.154. The Morgan fingerprint density at radius 3 is 2.41 bits per heavy atom. The summed E-state index contributed by atoms with van der Waals surface area (Å²) in [5, 5.41) is 12.4. The van der Waals surface area contributed by atoms with Gasteiger partial charge in [-0.25, -0.2) is 0 Å². The number of hydrogen-bond donors (Lipinski definition) is 1. The molecule has 0 aliphatic heterocycles. The molecule has 0 unspecified atom stereocenters. The first-order valence-corrected chi connectivity index (χ1v) is 11.8. The Hall–Kier alpha value is -2.63. The first-order valence-electron chi connectivity index (χ1n) is 9.94. The van der Waals surface area contributed by atoms with Crippen molar-refractivity contribution in [1.29, 1.82) is 5.26 Å². The third-order valence-corrected chi connectivity index (χ3v) is 6.22. The molecule has 0 spiro atoms. The predicted octanol–water partition coefficient (Wildman–Crippen LogP) is 7.10. The molecular formula is C26H22BrIN2O2. The molecular weight excluding hydrogens is 579 g/mol. The highest BCUT2D eigenvalue weighted by Crippen LogP contribution is 2.33. The van der Waals surface area contributed by atoms with Gasteiger partial charge in [0.25, 0.3) is 5.91 Å². The van der Waals surface area contributed by atoms with Crippen LogP contribution in [0.15, 0.2) is 64.6 Å². The minimum absolute atomic E-state index is 0.0287. The van der Waals surface area contributed by atoms with E-state index in [1.165, 1.54) is 5.56 Å². The van der Waals surface area contributed by atoms with Crippen molar-refractivity contribution < 1.29 is 9.53 Å². The number of nitriles is 1. The van der Waals surface area contributed by atoms with Crippen LogP contribution in [0, 0.1) is 35.7 Å². The van der Waals surface area contributed by atoms with Gasteiger partial charge in [0.05, 0.1) is 8.04 Å². The van der Waals surface area contributed by atoms with Gasteiger partial charge >= 0.3 is 0 Å². The van der Waals surface area contributed by atoms with Crippen molar-refractivity contribution in [3.8, 4) is 11.8 Å². The molecule has 1 amide bonds. The fourth-order valence-corrected chi connectivity index (χ4v) is 4.87. The number of ether oxygens (including phenoxy) is 1. The van der Waals surface area contributed by atoms with Gasteiger partial charge in [0.1, 0.15) is 24.0 Å². The van der Waals surface area contributed by atoms with Gasteiger partial charge in [-0.2, -0.15) is 5.26 Å². The van der Waals surface area contributed by atoms with Crippen LogP contribution in [-0.2, 0) is 11.4 Å². The van der Waals surface area contributed by atoms with Crippen LogP contribution in [0.25, 0.3) is 6.08 Å². The van der Waals surface area contributed by atoms with E-state index in [-0.39, 0.29) is 5.57 Å². The van der Waals surface area contributed by atoms with E-state index >= 15 is 0 Å². The summed E-state index contributed by atoms with van der Waals surface area (Å²) in [5.41, 5.74) is 5.80. The van der Waals surface area contributed by atoms with Crippen molar-refractivity contribution in [3.63, 3.8) is 0 Å². The first kappa shape index (κ1) is 24.0. The maximum absolute atomic E-state index is 12.7. The van der Waals surface area contributed by atoms with Gasteiger partial charge in [-0.1, -0.05) is 47.5 Å². The quantitative estimate of drug-likeness (QED) is 0.186. The topological polar surface area (TPSA) is 62.1 Å². The molecule has 0 aliphatic carbocycles.